The molecule has 1 aromatic carbocycles. The van der Waals surface area contributed by atoms with Crippen molar-refractivity contribution in [3.63, 3.8) is 0 Å². The van der Waals surface area contributed by atoms with Gasteiger partial charge in [-0.25, -0.2) is 0 Å². The summed E-state index contributed by atoms with van der Waals surface area (Å²) in [6.45, 7) is 14.7. The summed E-state index contributed by atoms with van der Waals surface area (Å²) < 4.78 is 6.43. The summed E-state index contributed by atoms with van der Waals surface area (Å²) in [6.07, 6.45) is 21.5. The van der Waals surface area contributed by atoms with E-state index in [1.165, 1.54) is 50.5 Å². The van der Waals surface area contributed by atoms with Crippen LogP contribution in [0.15, 0.2) is 53.8 Å². The molecule has 0 amide bonds. The van der Waals surface area contributed by atoms with E-state index in [-0.39, 0.29) is 6.10 Å². The zero-order valence-electron chi connectivity index (χ0n) is 27.4. The molecule has 42 heavy (non-hydrogen) atoms. The average molecular weight is 577 g/mol. The molecule has 9 atom stereocenters. The van der Waals surface area contributed by atoms with Gasteiger partial charge in [0.05, 0.1) is 11.8 Å². The SMILES string of the molecule is C/C(N)=C\CN.CC(C)=CCCC(C)C1CCC2C3C=CC4CC(Oc5ccc(N)cc5N)CCC4(C)C3CCC12C. The van der Waals surface area contributed by atoms with Crippen molar-refractivity contribution in [1.82, 2.24) is 0 Å². The minimum absolute atomic E-state index is 0.238. The fourth-order valence-corrected chi connectivity index (χ4v) is 9.54. The number of nitrogens with two attached hydrogens (primary N) is 4. The van der Waals surface area contributed by atoms with E-state index in [1.54, 1.807) is 6.08 Å². The van der Waals surface area contributed by atoms with Gasteiger partial charge in [0.2, 0.25) is 0 Å². The molecule has 234 valence electrons. The van der Waals surface area contributed by atoms with Crippen molar-refractivity contribution in [3.05, 3.63) is 53.8 Å². The van der Waals surface area contributed by atoms with Crippen LogP contribution in [0.1, 0.15) is 99.3 Å². The monoisotopic (exact) mass is 576 g/mol. The smallest absolute Gasteiger partial charge is 0.142 e. The van der Waals surface area contributed by atoms with Crippen LogP contribution >= 0.6 is 0 Å². The Hall–Kier alpha value is -2.40. The van der Waals surface area contributed by atoms with Crippen molar-refractivity contribution < 1.29 is 4.74 Å². The number of allylic oxidation sites excluding steroid dienone is 5. The lowest BCUT2D eigenvalue weighted by Gasteiger charge is -2.59. The summed E-state index contributed by atoms with van der Waals surface area (Å²) in [5, 5.41) is 0. The van der Waals surface area contributed by atoms with E-state index in [0.717, 1.165) is 53.9 Å². The minimum Gasteiger partial charge on any atom is -0.488 e. The second-order valence-electron chi connectivity index (χ2n) is 14.8. The number of hydrogen-bond donors (Lipinski definition) is 4. The maximum absolute atomic E-state index is 6.43. The van der Waals surface area contributed by atoms with Crippen LogP contribution in [0.5, 0.6) is 5.75 Å². The van der Waals surface area contributed by atoms with Gasteiger partial charge in [-0.2, -0.15) is 0 Å². The van der Waals surface area contributed by atoms with Crippen LogP contribution in [0.3, 0.4) is 0 Å². The molecule has 0 radical (unpaired) electrons. The molecule has 5 nitrogen and oxygen atoms in total. The molecule has 0 heterocycles. The van der Waals surface area contributed by atoms with Gasteiger partial charge < -0.3 is 27.7 Å². The standard InChI is InChI=1S/C33H50N2O.C4H10N2/c1-21(2)7-6-8-22(3)27-12-13-28-26-11-9-23-19-25(36-31-14-10-24(34)20-30(31)35)15-17-32(23,4)29(26)16-18-33(27,28)5;1-4(6)2-3-5/h7,9-11,14,20,22-23,25-29H,6,8,12-13,15-19,34-35H2,1-5H3;2H,3,5-6H2,1H3/b;4-2+. The number of rotatable bonds is 7. The first-order valence-electron chi connectivity index (χ1n) is 16.6. The first-order valence-corrected chi connectivity index (χ1v) is 16.6. The van der Waals surface area contributed by atoms with Crippen LogP contribution < -0.4 is 27.7 Å². The van der Waals surface area contributed by atoms with Crippen molar-refractivity contribution in [2.75, 3.05) is 18.0 Å². The van der Waals surface area contributed by atoms with Crippen molar-refractivity contribution in [1.29, 1.82) is 0 Å². The molecule has 0 aromatic heterocycles. The van der Waals surface area contributed by atoms with E-state index < -0.39 is 0 Å². The summed E-state index contributed by atoms with van der Waals surface area (Å²) in [4.78, 5) is 0. The lowest BCUT2D eigenvalue weighted by atomic mass is 9.46. The Morgan fingerprint density at radius 1 is 0.976 bits per heavy atom. The van der Waals surface area contributed by atoms with E-state index in [9.17, 15) is 0 Å². The summed E-state index contributed by atoms with van der Waals surface area (Å²) in [6, 6.07) is 5.63. The predicted molar refractivity (Wildman–Crippen MR) is 180 cm³/mol. The number of anilines is 2. The van der Waals surface area contributed by atoms with Crippen molar-refractivity contribution in [2.45, 2.75) is 105 Å². The molecule has 4 aliphatic carbocycles. The molecule has 0 saturated heterocycles. The van der Waals surface area contributed by atoms with Gasteiger partial charge in [0.25, 0.3) is 0 Å². The lowest BCUT2D eigenvalue weighted by Crippen LogP contribution is -2.52. The van der Waals surface area contributed by atoms with Crippen LogP contribution in [0, 0.1) is 46.3 Å². The number of nitrogen functional groups attached to an aromatic ring is 2. The highest BCUT2D eigenvalue weighted by atomic mass is 16.5. The highest BCUT2D eigenvalue weighted by Crippen LogP contribution is 2.67. The Kier molecular flexibility index (Phi) is 10.4. The summed E-state index contributed by atoms with van der Waals surface area (Å²) in [7, 11) is 0. The van der Waals surface area contributed by atoms with Crippen LogP contribution in [-0.2, 0) is 0 Å². The van der Waals surface area contributed by atoms with Crippen molar-refractivity contribution in [2.24, 2.45) is 57.8 Å². The molecular weight excluding hydrogens is 516 g/mol. The molecule has 5 heteroatoms. The zero-order chi connectivity index (χ0) is 30.7. The van der Waals surface area contributed by atoms with Gasteiger partial charge >= 0.3 is 0 Å². The maximum Gasteiger partial charge on any atom is 0.142 e. The van der Waals surface area contributed by atoms with E-state index in [4.69, 9.17) is 27.7 Å². The molecular formula is C37H60N4O. The van der Waals surface area contributed by atoms with Gasteiger partial charge in [0, 0.05) is 17.9 Å². The van der Waals surface area contributed by atoms with Gasteiger partial charge in [-0.05, 0) is 143 Å². The summed E-state index contributed by atoms with van der Waals surface area (Å²) in [5.41, 5.74) is 26.9. The molecule has 8 N–H and O–H groups in total. The number of ether oxygens (including phenoxy) is 1. The Labute approximate surface area is 256 Å². The van der Waals surface area contributed by atoms with Gasteiger partial charge in [-0.3, -0.25) is 0 Å². The van der Waals surface area contributed by atoms with E-state index in [0.29, 0.717) is 34.7 Å². The minimum atomic E-state index is 0.238. The van der Waals surface area contributed by atoms with Crippen molar-refractivity contribution >= 4 is 11.4 Å². The van der Waals surface area contributed by atoms with Crippen molar-refractivity contribution in [3.8, 4) is 5.75 Å². The zero-order valence-corrected chi connectivity index (χ0v) is 27.4. The topological polar surface area (TPSA) is 113 Å². The van der Waals surface area contributed by atoms with E-state index in [1.807, 2.05) is 25.1 Å². The van der Waals surface area contributed by atoms with Gasteiger partial charge in [-0.15, -0.1) is 0 Å². The van der Waals surface area contributed by atoms with Crippen LogP contribution in [0.4, 0.5) is 11.4 Å². The molecule has 3 saturated carbocycles. The quantitative estimate of drug-likeness (QED) is 0.193. The Morgan fingerprint density at radius 3 is 2.33 bits per heavy atom. The highest BCUT2D eigenvalue weighted by molar-refractivity contribution is 5.60. The molecule has 0 bridgehead atoms. The first kappa shape index (κ1) is 32.5. The van der Waals surface area contributed by atoms with Gasteiger partial charge in [0.1, 0.15) is 5.75 Å². The number of hydrogen-bond acceptors (Lipinski definition) is 5. The normalized spacial score (nSPS) is 36.0. The third-order valence-electron chi connectivity index (χ3n) is 11.8. The summed E-state index contributed by atoms with van der Waals surface area (Å²) >= 11 is 0. The first-order chi connectivity index (χ1) is 19.9. The second-order valence-corrected chi connectivity index (χ2v) is 14.8. The molecule has 4 aliphatic rings. The fourth-order valence-electron chi connectivity index (χ4n) is 9.54. The summed E-state index contributed by atoms with van der Waals surface area (Å²) in [5.74, 6) is 5.58. The third-order valence-corrected chi connectivity index (χ3v) is 11.8. The molecule has 0 aliphatic heterocycles. The third kappa shape index (κ3) is 6.87. The Balaban J connectivity index is 0.000000612. The second kappa shape index (κ2) is 13.5. The Morgan fingerprint density at radius 2 is 1.69 bits per heavy atom. The number of benzene rings is 1. The molecule has 5 rings (SSSR count). The van der Waals surface area contributed by atoms with Gasteiger partial charge in [-0.1, -0.05) is 50.6 Å². The molecule has 0 spiro atoms. The predicted octanol–water partition coefficient (Wildman–Crippen LogP) is 8.22. The molecule has 9 unspecified atom stereocenters. The van der Waals surface area contributed by atoms with E-state index in [2.05, 4.69) is 52.8 Å². The van der Waals surface area contributed by atoms with Crippen LogP contribution in [0.25, 0.3) is 0 Å². The Bertz CT molecular complexity index is 1150. The van der Waals surface area contributed by atoms with Crippen LogP contribution in [-0.4, -0.2) is 12.6 Å². The molecule has 3 fully saturated rings. The fraction of sp³-hybridized carbons (Fsp3) is 0.676. The largest absolute Gasteiger partial charge is 0.488 e. The lowest BCUT2D eigenvalue weighted by molar-refractivity contribution is -0.0781. The number of fused-ring (bicyclic) bond motifs is 5. The average Bonchev–Trinajstić information content (AvgIpc) is 3.28. The van der Waals surface area contributed by atoms with E-state index >= 15 is 0 Å². The van der Waals surface area contributed by atoms with Crippen LogP contribution in [0.2, 0.25) is 0 Å². The highest BCUT2D eigenvalue weighted by Gasteiger charge is 2.59. The van der Waals surface area contributed by atoms with Gasteiger partial charge in [0.15, 0.2) is 0 Å². The maximum atomic E-state index is 6.43. The molecule has 1 aromatic rings.